The largest absolute Gasteiger partial charge is 0.489 e. The third-order valence-corrected chi connectivity index (χ3v) is 3.24. The van der Waals surface area contributed by atoms with E-state index >= 15 is 0 Å². The molecule has 0 amide bonds. The Kier molecular flexibility index (Phi) is 5.63. The highest BCUT2D eigenvalue weighted by Crippen LogP contribution is 2.15. The van der Waals surface area contributed by atoms with Crippen LogP contribution in [0.25, 0.3) is 0 Å². The maximum absolute atomic E-state index is 5.78. The molecule has 0 aliphatic carbocycles. The summed E-state index contributed by atoms with van der Waals surface area (Å²) in [6, 6.07) is 18.7. The van der Waals surface area contributed by atoms with Gasteiger partial charge in [-0.2, -0.15) is 0 Å². The Morgan fingerprint density at radius 1 is 0.850 bits per heavy atom. The van der Waals surface area contributed by atoms with Gasteiger partial charge in [0.25, 0.3) is 0 Å². The zero-order valence-electron chi connectivity index (χ0n) is 12.4. The lowest BCUT2D eigenvalue weighted by molar-refractivity contribution is 0.306. The van der Waals surface area contributed by atoms with Crippen LogP contribution in [0, 0.1) is 0 Å². The molecular weight excluding hydrogens is 246 g/mol. The lowest BCUT2D eigenvalue weighted by atomic mass is 10.1. The standard InChI is InChI=1S/C18H23NO/c1-19(2)14-6-9-16-10-12-18(13-11-16)20-15-17-7-4-3-5-8-17/h3-5,7-8,10-13H,6,9,14-15H2,1-2H3. The van der Waals surface area contributed by atoms with Crippen molar-refractivity contribution in [2.75, 3.05) is 20.6 Å². The fourth-order valence-electron chi connectivity index (χ4n) is 2.09. The number of rotatable bonds is 7. The van der Waals surface area contributed by atoms with Crippen molar-refractivity contribution in [3.8, 4) is 5.75 Å². The number of hydrogen-bond donors (Lipinski definition) is 0. The molecule has 2 aromatic carbocycles. The first kappa shape index (κ1) is 14.6. The Bertz CT molecular complexity index is 491. The Morgan fingerprint density at radius 2 is 1.55 bits per heavy atom. The number of hydrogen-bond acceptors (Lipinski definition) is 2. The van der Waals surface area contributed by atoms with Crippen molar-refractivity contribution >= 4 is 0 Å². The molecule has 0 atom stereocenters. The molecule has 0 fully saturated rings. The third kappa shape index (κ3) is 5.06. The molecule has 2 heteroatoms. The maximum atomic E-state index is 5.78. The molecule has 0 aliphatic heterocycles. The number of nitrogens with zero attached hydrogens (tertiary/aromatic N) is 1. The lowest BCUT2D eigenvalue weighted by Crippen LogP contribution is -2.13. The summed E-state index contributed by atoms with van der Waals surface area (Å²) in [5.74, 6) is 0.935. The van der Waals surface area contributed by atoms with Gasteiger partial charge >= 0.3 is 0 Å². The number of ether oxygens (including phenoxy) is 1. The average molecular weight is 269 g/mol. The second-order valence-corrected chi connectivity index (χ2v) is 5.33. The van der Waals surface area contributed by atoms with Gasteiger partial charge in [-0.25, -0.2) is 0 Å². The fraction of sp³-hybridized carbons (Fsp3) is 0.333. The highest BCUT2D eigenvalue weighted by atomic mass is 16.5. The molecule has 0 aromatic heterocycles. The molecule has 106 valence electrons. The zero-order chi connectivity index (χ0) is 14.2. The van der Waals surface area contributed by atoms with E-state index in [0.29, 0.717) is 6.61 Å². The normalized spacial score (nSPS) is 10.8. The molecule has 0 saturated heterocycles. The van der Waals surface area contributed by atoms with Crippen molar-refractivity contribution in [2.24, 2.45) is 0 Å². The summed E-state index contributed by atoms with van der Waals surface area (Å²) in [4.78, 5) is 2.22. The minimum absolute atomic E-state index is 0.626. The van der Waals surface area contributed by atoms with Crippen LogP contribution in [0.4, 0.5) is 0 Å². The van der Waals surface area contributed by atoms with Crippen LogP contribution in [0.5, 0.6) is 5.75 Å². The molecular formula is C18H23NO. The molecule has 20 heavy (non-hydrogen) atoms. The Balaban J connectivity index is 1.79. The summed E-state index contributed by atoms with van der Waals surface area (Å²) in [5.41, 5.74) is 2.57. The third-order valence-electron chi connectivity index (χ3n) is 3.24. The van der Waals surface area contributed by atoms with Crippen LogP contribution >= 0.6 is 0 Å². The highest BCUT2D eigenvalue weighted by molar-refractivity contribution is 5.27. The monoisotopic (exact) mass is 269 g/mol. The number of aryl methyl sites for hydroxylation is 1. The second-order valence-electron chi connectivity index (χ2n) is 5.33. The molecule has 0 unspecified atom stereocenters. The van der Waals surface area contributed by atoms with Crippen molar-refractivity contribution in [3.63, 3.8) is 0 Å². The maximum Gasteiger partial charge on any atom is 0.119 e. The summed E-state index contributed by atoms with van der Waals surface area (Å²) >= 11 is 0. The molecule has 0 heterocycles. The average Bonchev–Trinajstić information content (AvgIpc) is 2.47. The van der Waals surface area contributed by atoms with Gasteiger partial charge in [0.15, 0.2) is 0 Å². The molecule has 0 spiro atoms. The van der Waals surface area contributed by atoms with Gasteiger partial charge in [0, 0.05) is 0 Å². The first-order valence-electron chi connectivity index (χ1n) is 7.14. The summed E-state index contributed by atoms with van der Waals surface area (Å²) < 4.78 is 5.78. The highest BCUT2D eigenvalue weighted by Gasteiger charge is 1.98. The van der Waals surface area contributed by atoms with Crippen LogP contribution < -0.4 is 4.74 Å². The SMILES string of the molecule is CN(C)CCCc1ccc(OCc2ccccc2)cc1. The minimum atomic E-state index is 0.626. The molecule has 0 saturated carbocycles. The molecule has 0 radical (unpaired) electrons. The molecule has 2 nitrogen and oxygen atoms in total. The topological polar surface area (TPSA) is 12.5 Å². The van der Waals surface area contributed by atoms with Gasteiger partial charge in [0.1, 0.15) is 12.4 Å². The molecule has 2 rings (SSSR count). The molecule has 0 aliphatic rings. The summed E-state index contributed by atoms with van der Waals surface area (Å²) in [6.07, 6.45) is 2.31. The van der Waals surface area contributed by atoms with Crippen molar-refractivity contribution in [2.45, 2.75) is 19.4 Å². The Labute approximate surface area is 122 Å². The molecule has 2 aromatic rings. The minimum Gasteiger partial charge on any atom is -0.489 e. The summed E-state index contributed by atoms with van der Waals surface area (Å²) in [5, 5.41) is 0. The first-order chi connectivity index (χ1) is 9.74. The van der Waals surface area contributed by atoms with Crippen LogP contribution in [0.15, 0.2) is 54.6 Å². The van der Waals surface area contributed by atoms with Gasteiger partial charge < -0.3 is 9.64 Å². The van der Waals surface area contributed by atoms with Gasteiger partial charge in [0.2, 0.25) is 0 Å². The van der Waals surface area contributed by atoms with E-state index in [1.165, 1.54) is 17.5 Å². The van der Waals surface area contributed by atoms with E-state index < -0.39 is 0 Å². The van der Waals surface area contributed by atoms with Crippen molar-refractivity contribution in [1.29, 1.82) is 0 Å². The van der Waals surface area contributed by atoms with Crippen LogP contribution in [0.2, 0.25) is 0 Å². The van der Waals surface area contributed by atoms with E-state index in [1.807, 2.05) is 18.2 Å². The number of benzene rings is 2. The molecule has 0 N–H and O–H groups in total. The fourth-order valence-corrected chi connectivity index (χ4v) is 2.09. The van der Waals surface area contributed by atoms with Crippen molar-refractivity contribution < 1.29 is 4.74 Å². The van der Waals surface area contributed by atoms with E-state index in [0.717, 1.165) is 18.7 Å². The quantitative estimate of drug-likeness (QED) is 0.759. The summed E-state index contributed by atoms with van der Waals surface area (Å²) in [6.45, 7) is 1.76. The van der Waals surface area contributed by atoms with Gasteiger partial charge in [-0.05, 0) is 56.7 Å². The van der Waals surface area contributed by atoms with Crippen LogP contribution in [-0.4, -0.2) is 25.5 Å². The van der Waals surface area contributed by atoms with Crippen molar-refractivity contribution in [1.82, 2.24) is 4.90 Å². The van der Waals surface area contributed by atoms with Crippen LogP contribution in [-0.2, 0) is 13.0 Å². The van der Waals surface area contributed by atoms with E-state index in [4.69, 9.17) is 4.74 Å². The Morgan fingerprint density at radius 3 is 2.20 bits per heavy atom. The first-order valence-corrected chi connectivity index (χ1v) is 7.14. The summed E-state index contributed by atoms with van der Waals surface area (Å²) in [7, 11) is 4.22. The predicted molar refractivity (Wildman–Crippen MR) is 84.1 cm³/mol. The van der Waals surface area contributed by atoms with E-state index in [9.17, 15) is 0 Å². The van der Waals surface area contributed by atoms with E-state index in [1.54, 1.807) is 0 Å². The smallest absolute Gasteiger partial charge is 0.119 e. The van der Waals surface area contributed by atoms with Crippen molar-refractivity contribution in [3.05, 3.63) is 65.7 Å². The zero-order valence-corrected chi connectivity index (χ0v) is 12.4. The second kappa shape index (κ2) is 7.71. The van der Waals surface area contributed by atoms with E-state index in [2.05, 4.69) is 55.4 Å². The van der Waals surface area contributed by atoms with Crippen LogP contribution in [0.3, 0.4) is 0 Å². The Hall–Kier alpha value is -1.80. The van der Waals surface area contributed by atoms with Gasteiger partial charge in [-0.1, -0.05) is 42.5 Å². The lowest BCUT2D eigenvalue weighted by Gasteiger charge is -2.10. The van der Waals surface area contributed by atoms with E-state index in [-0.39, 0.29) is 0 Å². The molecule has 0 bridgehead atoms. The van der Waals surface area contributed by atoms with Gasteiger partial charge in [-0.15, -0.1) is 0 Å². The predicted octanol–water partition coefficient (Wildman–Crippen LogP) is 3.76. The van der Waals surface area contributed by atoms with Crippen LogP contribution in [0.1, 0.15) is 17.5 Å². The van der Waals surface area contributed by atoms with Gasteiger partial charge in [-0.3, -0.25) is 0 Å². The van der Waals surface area contributed by atoms with Gasteiger partial charge in [0.05, 0.1) is 0 Å².